The van der Waals surface area contributed by atoms with Gasteiger partial charge < -0.3 is 4.74 Å². The van der Waals surface area contributed by atoms with E-state index in [1.165, 1.54) is 0 Å². The summed E-state index contributed by atoms with van der Waals surface area (Å²) in [7, 11) is 0. The van der Waals surface area contributed by atoms with Crippen LogP contribution in [0.5, 0.6) is 0 Å². The first kappa shape index (κ1) is 7.70. The van der Waals surface area contributed by atoms with Crippen molar-refractivity contribution in [2.75, 3.05) is 6.73 Å². The fourth-order valence-electron chi connectivity index (χ4n) is 1.63. The van der Waals surface area contributed by atoms with Crippen LogP contribution in [0.25, 0.3) is 11.0 Å². The van der Waals surface area contributed by atoms with Gasteiger partial charge in [0.05, 0.1) is 17.4 Å². The monoisotopic (exact) mass is 187 g/mol. The number of aliphatic imine (C=N–C) groups is 1. The number of hydrogen-bond donors (Lipinski definition) is 0. The summed E-state index contributed by atoms with van der Waals surface area (Å²) in [4.78, 5) is 8.57. The van der Waals surface area contributed by atoms with Gasteiger partial charge in [-0.3, -0.25) is 4.57 Å². The molecule has 1 aliphatic heterocycles. The molecule has 0 aliphatic carbocycles. The zero-order valence-electron chi connectivity index (χ0n) is 7.55. The van der Waals surface area contributed by atoms with Gasteiger partial charge in [0, 0.05) is 0 Å². The number of para-hydroxylation sites is 2. The highest BCUT2D eigenvalue weighted by Gasteiger charge is 2.10. The predicted molar refractivity (Wildman–Crippen MR) is 53.3 cm³/mol. The van der Waals surface area contributed by atoms with E-state index in [1.54, 1.807) is 6.34 Å². The lowest BCUT2D eigenvalue weighted by Gasteiger charge is -1.96. The zero-order valence-corrected chi connectivity index (χ0v) is 7.55. The highest BCUT2D eigenvalue weighted by Crippen LogP contribution is 2.15. The molecule has 1 aliphatic rings. The maximum absolute atomic E-state index is 5.27. The van der Waals surface area contributed by atoms with E-state index >= 15 is 0 Å². The van der Waals surface area contributed by atoms with Crippen molar-refractivity contribution < 1.29 is 4.74 Å². The van der Waals surface area contributed by atoms with Crippen molar-refractivity contribution in [1.29, 1.82) is 0 Å². The normalized spacial score (nSPS) is 15.4. The molecular formula is C10H9N3O. The Morgan fingerprint density at radius 2 is 2.21 bits per heavy atom. The molecule has 0 fully saturated rings. The molecular weight excluding hydrogens is 178 g/mol. The van der Waals surface area contributed by atoms with Crippen LogP contribution < -0.4 is 0 Å². The quantitative estimate of drug-likeness (QED) is 0.625. The van der Waals surface area contributed by atoms with Crippen molar-refractivity contribution in [3.05, 3.63) is 30.1 Å². The van der Waals surface area contributed by atoms with Gasteiger partial charge in [-0.2, -0.15) is 0 Å². The number of rotatable bonds is 0. The number of fused-ring (bicyclic) bond motifs is 3. The van der Waals surface area contributed by atoms with E-state index in [1.807, 2.05) is 28.8 Å². The maximum atomic E-state index is 5.27. The van der Waals surface area contributed by atoms with Crippen molar-refractivity contribution >= 4 is 17.4 Å². The largest absolute Gasteiger partial charge is 0.351 e. The van der Waals surface area contributed by atoms with Crippen LogP contribution in [0, 0.1) is 0 Å². The van der Waals surface area contributed by atoms with E-state index in [0.29, 0.717) is 13.3 Å². The molecule has 0 atom stereocenters. The number of imidazole rings is 1. The van der Waals surface area contributed by atoms with Crippen molar-refractivity contribution in [2.45, 2.75) is 6.61 Å². The second kappa shape index (κ2) is 2.92. The van der Waals surface area contributed by atoms with Crippen molar-refractivity contribution in [3.8, 4) is 0 Å². The Balaban J connectivity index is 2.34. The standard InChI is InChI=1S/C10H9N3O/c1-2-4-9-8(3-1)12-10-5-14-7-11-6-13(9)10/h1-4,6H,5,7H2. The third kappa shape index (κ3) is 1.04. The van der Waals surface area contributed by atoms with Gasteiger partial charge in [0.2, 0.25) is 0 Å². The van der Waals surface area contributed by atoms with Crippen LogP contribution in [0.3, 0.4) is 0 Å². The summed E-state index contributed by atoms with van der Waals surface area (Å²) in [5.74, 6) is 0.910. The highest BCUT2D eigenvalue weighted by molar-refractivity contribution is 5.83. The van der Waals surface area contributed by atoms with Gasteiger partial charge in [-0.05, 0) is 12.1 Å². The molecule has 4 nitrogen and oxygen atoms in total. The average molecular weight is 187 g/mol. The molecule has 14 heavy (non-hydrogen) atoms. The molecule has 0 spiro atoms. The Morgan fingerprint density at radius 1 is 1.29 bits per heavy atom. The molecule has 4 heteroatoms. The van der Waals surface area contributed by atoms with E-state index in [0.717, 1.165) is 16.9 Å². The van der Waals surface area contributed by atoms with Gasteiger partial charge in [0.25, 0.3) is 0 Å². The number of ether oxygens (including phenoxy) is 1. The average Bonchev–Trinajstić information content (AvgIpc) is 2.42. The number of nitrogens with zero attached hydrogens (tertiary/aromatic N) is 3. The lowest BCUT2D eigenvalue weighted by atomic mass is 10.3. The summed E-state index contributed by atoms with van der Waals surface area (Å²) in [6.45, 7) is 0.937. The zero-order chi connectivity index (χ0) is 9.38. The third-order valence-electron chi connectivity index (χ3n) is 2.26. The first-order chi connectivity index (χ1) is 6.95. The summed E-state index contributed by atoms with van der Waals surface area (Å²) in [6.07, 6.45) is 1.78. The van der Waals surface area contributed by atoms with Crippen LogP contribution in [0.4, 0.5) is 0 Å². The highest BCUT2D eigenvalue weighted by atomic mass is 16.5. The number of hydrogen-bond acceptors (Lipinski definition) is 3. The van der Waals surface area contributed by atoms with E-state index in [4.69, 9.17) is 4.74 Å². The Morgan fingerprint density at radius 3 is 3.21 bits per heavy atom. The minimum Gasteiger partial charge on any atom is -0.351 e. The van der Waals surface area contributed by atoms with Gasteiger partial charge in [0.1, 0.15) is 19.2 Å². The molecule has 2 heterocycles. The SMILES string of the molecule is C1=NCOCc2nc3ccccc3n21. The Labute approximate surface area is 80.8 Å². The fraction of sp³-hybridized carbons (Fsp3) is 0.200. The molecule has 0 bridgehead atoms. The first-order valence-corrected chi connectivity index (χ1v) is 4.49. The van der Waals surface area contributed by atoms with Gasteiger partial charge in [-0.25, -0.2) is 9.98 Å². The second-order valence-corrected chi connectivity index (χ2v) is 3.16. The lowest BCUT2D eigenvalue weighted by Crippen LogP contribution is -2.00. The van der Waals surface area contributed by atoms with Crippen LogP contribution in [0.2, 0.25) is 0 Å². The van der Waals surface area contributed by atoms with Crippen LogP contribution in [0.15, 0.2) is 29.3 Å². The topological polar surface area (TPSA) is 39.4 Å². The first-order valence-electron chi connectivity index (χ1n) is 4.49. The van der Waals surface area contributed by atoms with E-state index < -0.39 is 0 Å². The molecule has 70 valence electrons. The number of aromatic nitrogens is 2. The van der Waals surface area contributed by atoms with Crippen molar-refractivity contribution in [1.82, 2.24) is 9.55 Å². The van der Waals surface area contributed by atoms with E-state index in [9.17, 15) is 0 Å². The molecule has 1 aromatic carbocycles. The molecule has 0 N–H and O–H groups in total. The summed E-state index contributed by atoms with van der Waals surface area (Å²) in [5, 5.41) is 0. The Bertz CT molecular complexity index is 501. The third-order valence-corrected chi connectivity index (χ3v) is 2.26. The molecule has 2 aromatic rings. The molecule has 3 rings (SSSR count). The summed E-state index contributed by atoms with van der Waals surface area (Å²) in [5.41, 5.74) is 2.07. The molecule has 0 saturated carbocycles. The van der Waals surface area contributed by atoms with E-state index in [-0.39, 0.29) is 0 Å². The minimum absolute atomic E-state index is 0.414. The maximum Gasteiger partial charge on any atom is 0.141 e. The lowest BCUT2D eigenvalue weighted by molar-refractivity contribution is 0.126. The molecule has 1 aromatic heterocycles. The molecule has 0 radical (unpaired) electrons. The molecule has 0 saturated heterocycles. The molecule has 0 amide bonds. The number of benzene rings is 1. The van der Waals surface area contributed by atoms with Crippen LogP contribution in [-0.4, -0.2) is 22.6 Å². The van der Waals surface area contributed by atoms with Gasteiger partial charge in [-0.15, -0.1) is 0 Å². The summed E-state index contributed by atoms with van der Waals surface area (Å²) in [6, 6.07) is 8.00. The van der Waals surface area contributed by atoms with Gasteiger partial charge in [-0.1, -0.05) is 12.1 Å². The smallest absolute Gasteiger partial charge is 0.141 e. The van der Waals surface area contributed by atoms with Crippen molar-refractivity contribution in [3.63, 3.8) is 0 Å². The summed E-state index contributed by atoms with van der Waals surface area (Å²) < 4.78 is 7.24. The van der Waals surface area contributed by atoms with Crippen molar-refractivity contribution in [2.24, 2.45) is 4.99 Å². The van der Waals surface area contributed by atoms with Crippen LogP contribution >= 0.6 is 0 Å². The Kier molecular flexibility index (Phi) is 1.61. The fourth-order valence-corrected chi connectivity index (χ4v) is 1.63. The van der Waals surface area contributed by atoms with Gasteiger partial charge in [0.15, 0.2) is 0 Å². The summed E-state index contributed by atoms with van der Waals surface area (Å²) >= 11 is 0. The Hall–Kier alpha value is -1.68. The van der Waals surface area contributed by atoms with Crippen LogP contribution in [-0.2, 0) is 11.3 Å². The molecule has 0 unspecified atom stereocenters. The minimum atomic E-state index is 0.414. The van der Waals surface area contributed by atoms with Gasteiger partial charge >= 0.3 is 0 Å². The van der Waals surface area contributed by atoms with E-state index in [2.05, 4.69) is 9.98 Å². The van der Waals surface area contributed by atoms with Crippen LogP contribution in [0.1, 0.15) is 5.82 Å². The predicted octanol–water partition coefficient (Wildman–Crippen LogP) is 1.40. The second-order valence-electron chi connectivity index (χ2n) is 3.16.